The molecule has 8 nitrogen and oxygen atoms in total. The summed E-state index contributed by atoms with van der Waals surface area (Å²) in [5.41, 5.74) is 6.17. The summed E-state index contributed by atoms with van der Waals surface area (Å²) in [6.45, 7) is 4.27. The van der Waals surface area contributed by atoms with Crippen molar-refractivity contribution in [3.05, 3.63) is 53.9 Å². The van der Waals surface area contributed by atoms with Crippen molar-refractivity contribution in [2.24, 2.45) is 13.0 Å². The van der Waals surface area contributed by atoms with Crippen molar-refractivity contribution in [1.82, 2.24) is 29.4 Å². The zero-order valence-electron chi connectivity index (χ0n) is 18.7. The molecule has 2 atom stereocenters. The van der Waals surface area contributed by atoms with Crippen LogP contribution in [0.15, 0.2) is 36.8 Å². The fourth-order valence-electron chi connectivity index (χ4n) is 4.94. The molecule has 1 fully saturated rings. The highest BCUT2D eigenvalue weighted by molar-refractivity contribution is 5.91. The number of hydrogen-bond acceptors (Lipinski definition) is 6. The highest BCUT2D eigenvalue weighted by Crippen LogP contribution is 2.42. The van der Waals surface area contributed by atoms with Gasteiger partial charge in [-0.3, -0.25) is 4.68 Å². The van der Waals surface area contributed by atoms with Crippen LogP contribution >= 0.6 is 0 Å². The van der Waals surface area contributed by atoms with Crippen LogP contribution < -0.4 is 0 Å². The Bertz CT molecular complexity index is 1300. The molecule has 0 amide bonds. The lowest BCUT2D eigenvalue weighted by Crippen LogP contribution is -2.09. The summed E-state index contributed by atoms with van der Waals surface area (Å²) in [5, 5.41) is 9.03. The first-order valence-electron chi connectivity index (χ1n) is 10.9. The third-order valence-electron chi connectivity index (χ3n) is 6.61. The number of imidazole rings is 1. The molecule has 3 heterocycles. The van der Waals surface area contributed by atoms with Crippen molar-refractivity contribution in [2.45, 2.75) is 39.0 Å². The van der Waals surface area contributed by atoms with Gasteiger partial charge >= 0.3 is 5.97 Å². The molecule has 0 N–H and O–H groups in total. The summed E-state index contributed by atoms with van der Waals surface area (Å²) >= 11 is 0. The van der Waals surface area contributed by atoms with Gasteiger partial charge in [0.25, 0.3) is 0 Å². The van der Waals surface area contributed by atoms with Crippen LogP contribution in [0, 0.1) is 12.8 Å². The highest BCUT2D eigenvalue weighted by atomic mass is 16.5. The second-order valence-corrected chi connectivity index (χ2v) is 8.53. The fourth-order valence-corrected chi connectivity index (χ4v) is 4.94. The molecule has 4 aromatic rings. The molecule has 1 saturated carbocycles. The summed E-state index contributed by atoms with van der Waals surface area (Å²) < 4.78 is 8.56. The zero-order chi connectivity index (χ0) is 22.4. The molecule has 0 bridgehead atoms. The fraction of sp³-hybridized carbons (Fsp3) is 0.375. The smallest absolute Gasteiger partial charge is 0.337 e. The van der Waals surface area contributed by atoms with E-state index in [2.05, 4.69) is 17.1 Å². The number of benzene rings is 1. The van der Waals surface area contributed by atoms with Crippen LogP contribution in [0.5, 0.6) is 0 Å². The van der Waals surface area contributed by atoms with Crippen LogP contribution in [0.25, 0.3) is 28.0 Å². The number of aromatic nitrogens is 6. The van der Waals surface area contributed by atoms with E-state index in [-0.39, 0.29) is 5.97 Å². The highest BCUT2D eigenvalue weighted by Gasteiger charge is 2.31. The summed E-state index contributed by atoms with van der Waals surface area (Å²) in [7, 11) is 3.29. The van der Waals surface area contributed by atoms with Crippen LogP contribution in [0.4, 0.5) is 0 Å². The Morgan fingerprint density at radius 3 is 2.62 bits per heavy atom. The van der Waals surface area contributed by atoms with Crippen LogP contribution in [0.1, 0.15) is 54.0 Å². The lowest BCUT2D eigenvalue weighted by Gasteiger charge is -2.16. The average molecular weight is 431 g/mol. The number of ether oxygens (including phenoxy) is 1. The first-order chi connectivity index (χ1) is 15.5. The molecule has 8 heteroatoms. The van der Waals surface area contributed by atoms with E-state index in [1.165, 1.54) is 20.0 Å². The Labute approximate surface area is 186 Å². The lowest BCUT2D eigenvalue weighted by molar-refractivity contribution is 0.0601. The molecule has 2 unspecified atom stereocenters. The number of aryl methyl sites for hydroxylation is 2. The number of carbonyl (C=O) groups excluding carboxylic acids is 1. The Balaban J connectivity index is 1.69. The topological polar surface area (TPSA) is 87.2 Å². The van der Waals surface area contributed by atoms with Crippen molar-refractivity contribution in [1.29, 1.82) is 0 Å². The summed E-state index contributed by atoms with van der Waals surface area (Å²) in [5.74, 6) is 1.44. The van der Waals surface area contributed by atoms with Gasteiger partial charge in [-0.25, -0.2) is 19.3 Å². The van der Waals surface area contributed by atoms with Gasteiger partial charge in [0.1, 0.15) is 23.4 Å². The van der Waals surface area contributed by atoms with Gasteiger partial charge in [0.2, 0.25) is 0 Å². The van der Waals surface area contributed by atoms with Crippen LogP contribution in [0.2, 0.25) is 0 Å². The van der Waals surface area contributed by atoms with Crippen LogP contribution in [-0.4, -0.2) is 42.4 Å². The first-order valence-corrected chi connectivity index (χ1v) is 10.9. The Morgan fingerprint density at radius 1 is 1.16 bits per heavy atom. The van der Waals surface area contributed by atoms with Crippen molar-refractivity contribution in [2.75, 3.05) is 7.11 Å². The molecule has 0 spiro atoms. The van der Waals surface area contributed by atoms with E-state index in [4.69, 9.17) is 14.7 Å². The monoisotopic (exact) mass is 430 g/mol. The van der Waals surface area contributed by atoms with Crippen molar-refractivity contribution in [3.8, 4) is 22.5 Å². The maximum Gasteiger partial charge on any atom is 0.337 e. The van der Waals surface area contributed by atoms with Gasteiger partial charge in [0.15, 0.2) is 0 Å². The largest absolute Gasteiger partial charge is 0.465 e. The summed E-state index contributed by atoms with van der Waals surface area (Å²) in [6.07, 6.45) is 7.05. The van der Waals surface area contributed by atoms with Gasteiger partial charge in [-0.15, -0.1) is 0 Å². The number of rotatable bonds is 4. The maximum absolute atomic E-state index is 11.8. The lowest BCUT2D eigenvalue weighted by atomic mass is 9.92. The van der Waals surface area contributed by atoms with E-state index in [0.717, 1.165) is 46.0 Å². The number of nitrogens with zero attached hydrogens (tertiary/aromatic N) is 6. The number of fused-ring (bicyclic) bond motifs is 1. The second kappa shape index (κ2) is 7.85. The molecular weight excluding hydrogens is 404 g/mol. The number of esters is 1. The van der Waals surface area contributed by atoms with Crippen molar-refractivity contribution in [3.63, 3.8) is 0 Å². The third kappa shape index (κ3) is 3.18. The number of carbonyl (C=O) groups is 1. The first kappa shape index (κ1) is 20.4. The zero-order valence-corrected chi connectivity index (χ0v) is 18.7. The van der Waals surface area contributed by atoms with Crippen molar-refractivity contribution < 1.29 is 9.53 Å². The van der Waals surface area contributed by atoms with E-state index in [1.54, 1.807) is 18.5 Å². The average Bonchev–Trinajstić information content (AvgIpc) is 3.50. The number of hydrogen-bond donors (Lipinski definition) is 0. The molecule has 32 heavy (non-hydrogen) atoms. The summed E-state index contributed by atoms with van der Waals surface area (Å²) in [6, 6.07) is 7.36. The molecule has 0 radical (unpaired) electrons. The van der Waals surface area contributed by atoms with Gasteiger partial charge in [-0.1, -0.05) is 31.9 Å². The van der Waals surface area contributed by atoms with E-state index >= 15 is 0 Å². The minimum absolute atomic E-state index is 0.357. The SMILES string of the molecule is COC(=O)c1ccc(-c2c(-c3nc(C)n4ncnc(C5CCCC5C)c34)cnn2C)cc1. The molecule has 5 rings (SSSR count). The quantitative estimate of drug-likeness (QED) is 0.451. The van der Waals surface area contributed by atoms with Gasteiger partial charge in [-0.05, 0) is 31.4 Å². The molecular formula is C24H26N6O2. The normalized spacial score (nSPS) is 18.4. The standard InChI is InChI=1S/C24H26N6O2/c1-14-6-5-7-18(14)20-23-21(28-15(2)30(23)27-13-25-20)19-12-26-29(3)22(19)16-8-10-17(11-9-16)24(31)32-4/h8-14,18H,5-7H2,1-4H3. The number of methoxy groups -OCH3 is 1. The van der Waals surface area contributed by atoms with Crippen molar-refractivity contribution >= 4 is 11.5 Å². The minimum Gasteiger partial charge on any atom is -0.465 e. The predicted octanol–water partition coefficient (Wildman–Crippen LogP) is 4.19. The molecule has 164 valence electrons. The molecule has 1 aliphatic rings. The maximum atomic E-state index is 11.8. The van der Waals surface area contributed by atoms with Gasteiger partial charge in [-0.2, -0.15) is 10.2 Å². The van der Waals surface area contributed by atoms with Crippen LogP contribution in [-0.2, 0) is 11.8 Å². The van der Waals surface area contributed by atoms with Crippen LogP contribution in [0.3, 0.4) is 0 Å². The molecule has 0 saturated heterocycles. The second-order valence-electron chi connectivity index (χ2n) is 8.53. The molecule has 3 aromatic heterocycles. The van der Waals surface area contributed by atoms with E-state index < -0.39 is 0 Å². The van der Waals surface area contributed by atoms with E-state index in [9.17, 15) is 4.79 Å². The molecule has 0 aliphatic heterocycles. The minimum atomic E-state index is -0.357. The Hall–Kier alpha value is -3.55. The Morgan fingerprint density at radius 2 is 1.94 bits per heavy atom. The Kier molecular flexibility index (Phi) is 5.00. The van der Waals surface area contributed by atoms with Gasteiger partial charge in [0.05, 0.1) is 30.3 Å². The van der Waals surface area contributed by atoms with Gasteiger partial charge in [0, 0.05) is 24.1 Å². The van der Waals surface area contributed by atoms with E-state index in [0.29, 0.717) is 17.4 Å². The predicted molar refractivity (Wildman–Crippen MR) is 120 cm³/mol. The third-order valence-corrected chi connectivity index (χ3v) is 6.61. The van der Waals surface area contributed by atoms with E-state index in [1.807, 2.05) is 41.5 Å². The molecule has 1 aromatic carbocycles. The van der Waals surface area contributed by atoms with Gasteiger partial charge < -0.3 is 4.74 Å². The summed E-state index contributed by atoms with van der Waals surface area (Å²) in [4.78, 5) is 21.5. The molecule has 1 aliphatic carbocycles.